The number of benzene rings is 1. The molecule has 0 aliphatic heterocycles. The lowest BCUT2D eigenvalue weighted by molar-refractivity contribution is 0.518. The van der Waals surface area contributed by atoms with Gasteiger partial charge in [0.2, 0.25) is 0 Å². The lowest BCUT2D eigenvalue weighted by Gasteiger charge is -2.19. The average Bonchev–Trinajstić information content (AvgIpc) is 2.48. The van der Waals surface area contributed by atoms with Crippen molar-refractivity contribution < 1.29 is 5.11 Å². The molecule has 0 radical (unpaired) electrons. The van der Waals surface area contributed by atoms with Gasteiger partial charge in [-0.2, -0.15) is 0 Å². The van der Waals surface area contributed by atoms with E-state index in [4.69, 9.17) is 10.8 Å². The number of aliphatic hydroxyl groups is 1. The highest BCUT2D eigenvalue weighted by Gasteiger charge is 2.11. The molecule has 0 saturated carbocycles. The molecule has 3 nitrogen and oxygen atoms in total. The molecule has 4 N–H and O–H groups in total. The van der Waals surface area contributed by atoms with Gasteiger partial charge >= 0.3 is 0 Å². The van der Waals surface area contributed by atoms with Crippen LogP contribution < -0.4 is 11.1 Å². The molecular formula is C16H27ClN2O. The Bertz CT molecular complexity index is 389. The predicted octanol–water partition coefficient (Wildman–Crippen LogP) is 3.32. The molecule has 114 valence electrons. The maximum Gasteiger partial charge on any atom is 0.103 e. The van der Waals surface area contributed by atoms with Gasteiger partial charge in [-0.25, -0.2) is 0 Å². The van der Waals surface area contributed by atoms with Gasteiger partial charge < -0.3 is 16.2 Å². The van der Waals surface area contributed by atoms with E-state index in [1.807, 2.05) is 7.05 Å². The third kappa shape index (κ3) is 7.40. The summed E-state index contributed by atoms with van der Waals surface area (Å²) in [6.07, 6.45) is 9.24. The van der Waals surface area contributed by atoms with Gasteiger partial charge in [-0.05, 0) is 37.1 Å². The lowest BCUT2D eigenvalue weighted by atomic mass is 9.94. The first kappa shape index (κ1) is 21.1. The second-order valence-corrected chi connectivity index (χ2v) is 4.09. The number of alkyl halides is 1. The van der Waals surface area contributed by atoms with Crippen LogP contribution in [0.15, 0.2) is 18.2 Å². The molecule has 0 bridgehead atoms. The van der Waals surface area contributed by atoms with Crippen LogP contribution in [0, 0.1) is 19.5 Å². The summed E-state index contributed by atoms with van der Waals surface area (Å²) in [6.45, 7) is 5.01. The van der Waals surface area contributed by atoms with Crippen LogP contribution >= 0.6 is 11.6 Å². The molecule has 0 aliphatic rings. The van der Waals surface area contributed by atoms with Crippen LogP contribution in [0.5, 0.6) is 0 Å². The summed E-state index contributed by atoms with van der Waals surface area (Å²) in [7, 11) is 2.02. The molecule has 0 spiro atoms. The average molecular weight is 299 g/mol. The minimum Gasteiger partial charge on any atom is -0.462 e. The van der Waals surface area contributed by atoms with E-state index in [0.29, 0.717) is 12.6 Å². The third-order valence-corrected chi connectivity index (χ3v) is 3.01. The van der Waals surface area contributed by atoms with Crippen LogP contribution in [0.3, 0.4) is 0 Å². The number of hydrogen-bond acceptors (Lipinski definition) is 3. The number of nitrogens with two attached hydrogens (primary N) is 1. The summed E-state index contributed by atoms with van der Waals surface area (Å²) >= 11 is 4.64. The highest BCUT2D eigenvalue weighted by Crippen LogP contribution is 2.23. The minimum atomic E-state index is 0.460. The van der Waals surface area contributed by atoms with Crippen molar-refractivity contribution >= 4 is 11.6 Å². The van der Waals surface area contributed by atoms with Crippen molar-refractivity contribution in [3.8, 4) is 12.5 Å². The summed E-state index contributed by atoms with van der Waals surface area (Å²) in [5.74, 6) is 0. The summed E-state index contributed by atoms with van der Waals surface area (Å²) < 4.78 is 0. The summed E-state index contributed by atoms with van der Waals surface area (Å²) in [5, 5.41) is 10.5. The summed E-state index contributed by atoms with van der Waals surface area (Å²) in [6, 6.07) is 6.87. The fraction of sp³-hybridized carbons (Fsp3) is 0.500. The Balaban J connectivity index is 0. The van der Waals surface area contributed by atoms with Crippen LogP contribution in [0.25, 0.3) is 0 Å². The van der Waals surface area contributed by atoms with E-state index in [9.17, 15) is 0 Å². The molecule has 0 aliphatic carbocycles. The number of rotatable bonds is 5. The summed E-state index contributed by atoms with van der Waals surface area (Å²) in [4.78, 5) is 0. The molecule has 0 saturated heterocycles. The minimum absolute atomic E-state index is 0.460. The zero-order valence-corrected chi connectivity index (χ0v) is 13.7. The second kappa shape index (κ2) is 14.2. The van der Waals surface area contributed by atoms with E-state index in [0.717, 1.165) is 0 Å². The predicted molar refractivity (Wildman–Crippen MR) is 88.3 cm³/mol. The van der Waals surface area contributed by atoms with E-state index in [-0.39, 0.29) is 0 Å². The Morgan fingerprint density at radius 1 is 1.45 bits per heavy atom. The molecule has 1 rings (SSSR count). The van der Waals surface area contributed by atoms with Crippen molar-refractivity contribution in [2.75, 3.05) is 13.4 Å². The Morgan fingerprint density at radius 3 is 2.40 bits per heavy atom. The number of nitrogens with one attached hydrogen (secondary N) is 1. The molecule has 20 heavy (non-hydrogen) atoms. The maximum atomic E-state index is 7.10. The molecule has 1 unspecified atom stereocenters. The van der Waals surface area contributed by atoms with Crippen LogP contribution in [0.2, 0.25) is 0 Å². The Kier molecular flexibility index (Phi) is 15.0. The Morgan fingerprint density at radius 2 is 2.00 bits per heavy atom. The van der Waals surface area contributed by atoms with Gasteiger partial charge in [0.15, 0.2) is 0 Å². The third-order valence-electron chi connectivity index (χ3n) is 3.01. The maximum absolute atomic E-state index is 7.10. The number of halogens is 1. The molecule has 0 fully saturated rings. The second-order valence-electron chi connectivity index (χ2n) is 4.09. The largest absolute Gasteiger partial charge is 0.462 e. The van der Waals surface area contributed by atoms with Gasteiger partial charge in [-0.15, -0.1) is 11.6 Å². The molecule has 1 atom stereocenters. The van der Waals surface area contributed by atoms with Crippen molar-refractivity contribution in [1.82, 2.24) is 5.32 Å². The highest BCUT2D eigenvalue weighted by atomic mass is 35.5. The molecule has 0 aromatic heterocycles. The standard InChI is InChI=1S/C13H22N2.C2H2O.CH3Cl/c1-4-6-13(15-3)12-8-5-7-11(9-14)10(12)2;1-2-3;1-2/h5,7-8,13,15H,4,6,9,14H2,1-3H3;1,3H;1H3. The SMILES string of the molecule is C#CO.CCCC(NC)c1cccc(CN)c1C.CCl. The lowest BCUT2D eigenvalue weighted by Crippen LogP contribution is -2.18. The first-order valence-corrected chi connectivity index (χ1v) is 7.34. The van der Waals surface area contributed by atoms with E-state index < -0.39 is 0 Å². The van der Waals surface area contributed by atoms with Crippen LogP contribution in [0.1, 0.15) is 42.5 Å². The zero-order chi connectivity index (χ0) is 16.0. The van der Waals surface area contributed by atoms with E-state index >= 15 is 0 Å². The molecule has 0 amide bonds. The van der Waals surface area contributed by atoms with Gasteiger partial charge in [-0.1, -0.05) is 38.0 Å². The van der Waals surface area contributed by atoms with Crippen molar-refractivity contribution in [1.29, 1.82) is 0 Å². The quantitative estimate of drug-likeness (QED) is 0.577. The first-order chi connectivity index (χ1) is 9.65. The molecule has 4 heteroatoms. The van der Waals surface area contributed by atoms with E-state index in [1.165, 1.54) is 42.0 Å². The highest BCUT2D eigenvalue weighted by molar-refractivity contribution is 6.15. The van der Waals surface area contributed by atoms with Crippen molar-refractivity contribution in [2.24, 2.45) is 5.73 Å². The molecule has 0 heterocycles. The first-order valence-electron chi connectivity index (χ1n) is 6.59. The Labute approximate surface area is 128 Å². The summed E-state index contributed by atoms with van der Waals surface area (Å²) in [5.41, 5.74) is 9.70. The van der Waals surface area contributed by atoms with Crippen LogP contribution in [-0.2, 0) is 6.54 Å². The molecule has 1 aromatic carbocycles. The van der Waals surface area contributed by atoms with Crippen molar-refractivity contribution in [3.63, 3.8) is 0 Å². The number of hydrogen-bond donors (Lipinski definition) is 3. The molecule has 1 aromatic rings. The monoisotopic (exact) mass is 298 g/mol. The van der Waals surface area contributed by atoms with Gasteiger partial charge in [-0.3, -0.25) is 0 Å². The van der Waals surface area contributed by atoms with Crippen molar-refractivity contribution in [2.45, 2.75) is 39.3 Å². The van der Waals surface area contributed by atoms with E-state index in [2.05, 4.69) is 55.4 Å². The normalized spacial score (nSPS) is 10.2. The number of aliphatic hydroxyl groups excluding tert-OH is 1. The van der Waals surface area contributed by atoms with Gasteiger partial charge in [0, 0.05) is 19.0 Å². The Hall–Kier alpha value is -1.21. The fourth-order valence-electron chi connectivity index (χ4n) is 2.05. The van der Waals surface area contributed by atoms with Crippen LogP contribution in [-0.4, -0.2) is 18.5 Å². The zero-order valence-electron chi connectivity index (χ0n) is 12.9. The number of terminal acetylenes is 1. The van der Waals surface area contributed by atoms with Crippen molar-refractivity contribution in [3.05, 3.63) is 34.9 Å². The van der Waals surface area contributed by atoms with Gasteiger partial charge in [0.1, 0.15) is 6.11 Å². The topological polar surface area (TPSA) is 58.3 Å². The van der Waals surface area contributed by atoms with Gasteiger partial charge in [0.25, 0.3) is 0 Å². The fourth-order valence-corrected chi connectivity index (χ4v) is 2.05. The van der Waals surface area contributed by atoms with Gasteiger partial charge in [0.05, 0.1) is 0 Å². The van der Waals surface area contributed by atoms with E-state index in [1.54, 1.807) is 0 Å². The van der Waals surface area contributed by atoms with Crippen LogP contribution in [0.4, 0.5) is 0 Å². The smallest absolute Gasteiger partial charge is 0.103 e. The molecular weight excluding hydrogens is 272 g/mol.